The van der Waals surface area contributed by atoms with Gasteiger partial charge in [0.05, 0.1) is 0 Å². The highest BCUT2D eigenvalue weighted by Gasteiger charge is 2.16. The van der Waals surface area contributed by atoms with Crippen LogP contribution >= 0.6 is 22.9 Å². The van der Waals surface area contributed by atoms with E-state index in [2.05, 4.69) is 47.4 Å². The van der Waals surface area contributed by atoms with Crippen molar-refractivity contribution in [3.8, 4) is 11.3 Å². The molecule has 6 rings (SSSR count). The number of rotatable bonds is 1. The maximum atomic E-state index is 6.48. The summed E-state index contributed by atoms with van der Waals surface area (Å²) in [5, 5.41) is 3.75. The Labute approximate surface area is 162 Å². The highest BCUT2D eigenvalue weighted by Crippen LogP contribution is 2.38. The van der Waals surface area contributed by atoms with Crippen LogP contribution in [0.3, 0.4) is 0 Å². The second kappa shape index (κ2) is 5.52. The number of hydrogen-bond donors (Lipinski definition) is 0. The largest absolute Gasteiger partial charge is 0.436 e. The average molecular weight is 387 g/mol. The first-order valence-corrected chi connectivity index (χ1v) is 9.74. The summed E-state index contributed by atoms with van der Waals surface area (Å²) in [7, 11) is 0. The van der Waals surface area contributed by atoms with Gasteiger partial charge in [0.1, 0.15) is 16.8 Å². The van der Waals surface area contributed by atoms with Gasteiger partial charge in [0.2, 0.25) is 5.71 Å². The Morgan fingerprint density at radius 3 is 2.48 bits per heavy atom. The van der Waals surface area contributed by atoms with E-state index in [-0.39, 0.29) is 0 Å². The molecule has 6 aromatic rings. The molecule has 3 aromatic carbocycles. The van der Waals surface area contributed by atoms with E-state index in [0.29, 0.717) is 16.6 Å². The van der Waals surface area contributed by atoms with E-state index < -0.39 is 0 Å². The lowest BCUT2D eigenvalue weighted by Gasteiger charge is -2.04. The minimum Gasteiger partial charge on any atom is -0.436 e. The predicted molar refractivity (Wildman–Crippen MR) is 113 cm³/mol. The maximum absolute atomic E-state index is 6.48. The van der Waals surface area contributed by atoms with E-state index in [9.17, 15) is 0 Å². The minimum absolute atomic E-state index is 0.348. The van der Waals surface area contributed by atoms with E-state index in [1.54, 1.807) is 11.3 Å². The van der Waals surface area contributed by atoms with Crippen LogP contribution in [0.25, 0.3) is 53.6 Å². The highest BCUT2D eigenvalue weighted by atomic mass is 35.5. The second-order valence-electron chi connectivity index (χ2n) is 6.42. The summed E-state index contributed by atoms with van der Waals surface area (Å²) in [6.07, 6.45) is 0. The molecular weight excluding hydrogens is 376 g/mol. The van der Waals surface area contributed by atoms with Crippen LogP contribution in [0.1, 0.15) is 0 Å². The number of fused-ring (bicyclic) bond motifs is 6. The van der Waals surface area contributed by atoms with E-state index in [4.69, 9.17) is 21.0 Å². The summed E-state index contributed by atoms with van der Waals surface area (Å²) in [5.41, 5.74) is 3.59. The van der Waals surface area contributed by atoms with Crippen molar-refractivity contribution >= 4 is 65.3 Å². The Morgan fingerprint density at radius 1 is 0.778 bits per heavy atom. The van der Waals surface area contributed by atoms with Crippen LogP contribution in [0.2, 0.25) is 5.15 Å². The number of aromatic nitrogens is 2. The maximum Gasteiger partial charge on any atom is 0.247 e. The molecule has 0 amide bonds. The molecular formula is C22H11ClN2OS. The summed E-state index contributed by atoms with van der Waals surface area (Å²) < 4.78 is 8.31. The molecule has 0 fully saturated rings. The smallest absolute Gasteiger partial charge is 0.247 e. The van der Waals surface area contributed by atoms with Crippen LogP contribution in [0.4, 0.5) is 0 Å². The molecule has 0 aliphatic carbocycles. The van der Waals surface area contributed by atoms with Crippen molar-refractivity contribution in [1.82, 2.24) is 9.97 Å². The molecule has 3 nitrogen and oxygen atoms in total. The lowest BCUT2D eigenvalue weighted by atomic mass is 10.1. The van der Waals surface area contributed by atoms with Gasteiger partial charge in [-0.05, 0) is 30.3 Å². The first-order valence-electron chi connectivity index (χ1n) is 8.54. The van der Waals surface area contributed by atoms with Gasteiger partial charge in [0.15, 0.2) is 5.15 Å². The van der Waals surface area contributed by atoms with Crippen molar-refractivity contribution in [3.05, 3.63) is 71.9 Å². The summed E-state index contributed by atoms with van der Waals surface area (Å²) in [5.74, 6) is 0. The van der Waals surface area contributed by atoms with Crippen molar-refractivity contribution in [3.63, 3.8) is 0 Å². The fourth-order valence-corrected chi connectivity index (χ4v) is 4.87. The summed E-state index contributed by atoms with van der Waals surface area (Å²) in [6.45, 7) is 0. The van der Waals surface area contributed by atoms with Gasteiger partial charge >= 0.3 is 0 Å². The lowest BCUT2D eigenvalue weighted by molar-refractivity contribution is 0.653. The molecule has 0 bridgehead atoms. The van der Waals surface area contributed by atoms with Crippen LogP contribution in [0.15, 0.2) is 71.1 Å². The molecule has 0 saturated heterocycles. The van der Waals surface area contributed by atoms with Crippen molar-refractivity contribution in [1.29, 1.82) is 0 Å². The van der Waals surface area contributed by atoms with Gasteiger partial charge in [-0.15, -0.1) is 11.3 Å². The number of para-hydroxylation sites is 1. The highest BCUT2D eigenvalue weighted by molar-refractivity contribution is 7.25. The molecule has 0 atom stereocenters. The van der Waals surface area contributed by atoms with Gasteiger partial charge in [-0.2, -0.15) is 4.98 Å². The topological polar surface area (TPSA) is 38.9 Å². The zero-order valence-electron chi connectivity index (χ0n) is 13.9. The van der Waals surface area contributed by atoms with Crippen molar-refractivity contribution in [2.75, 3.05) is 0 Å². The Balaban J connectivity index is 1.65. The molecule has 0 aliphatic heterocycles. The quantitative estimate of drug-likeness (QED) is 0.303. The number of furan rings is 1. The number of benzene rings is 3. The average Bonchev–Trinajstić information content (AvgIpc) is 3.24. The summed E-state index contributed by atoms with van der Waals surface area (Å²) in [4.78, 5) is 9.28. The van der Waals surface area contributed by atoms with E-state index in [1.165, 1.54) is 20.2 Å². The number of nitrogens with zero attached hydrogens (tertiary/aromatic N) is 2. The van der Waals surface area contributed by atoms with Crippen LogP contribution in [-0.4, -0.2) is 9.97 Å². The third-order valence-electron chi connectivity index (χ3n) is 4.82. The fraction of sp³-hybridized carbons (Fsp3) is 0. The molecule has 0 aliphatic rings. The van der Waals surface area contributed by atoms with Crippen molar-refractivity contribution < 1.29 is 4.42 Å². The molecule has 128 valence electrons. The molecule has 0 saturated carbocycles. The number of halogens is 1. The minimum atomic E-state index is 0.348. The monoisotopic (exact) mass is 386 g/mol. The Morgan fingerprint density at radius 2 is 1.56 bits per heavy atom. The zero-order valence-corrected chi connectivity index (χ0v) is 15.5. The van der Waals surface area contributed by atoms with Gasteiger partial charge in [-0.3, -0.25) is 0 Å². The molecule has 0 N–H and O–H groups in total. The normalized spacial score (nSPS) is 11.9. The summed E-state index contributed by atoms with van der Waals surface area (Å²) >= 11 is 8.27. The molecule has 0 spiro atoms. The van der Waals surface area contributed by atoms with Crippen LogP contribution in [0, 0.1) is 0 Å². The van der Waals surface area contributed by atoms with Gasteiger partial charge in [-0.25, -0.2) is 4.98 Å². The fourth-order valence-electron chi connectivity index (χ4n) is 3.56. The van der Waals surface area contributed by atoms with E-state index >= 15 is 0 Å². The van der Waals surface area contributed by atoms with Gasteiger partial charge in [-0.1, -0.05) is 48.0 Å². The van der Waals surface area contributed by atoms with Crippen LogP contribution < -0.4 is 0 Å². The van der Waals surface area contributed by atoms with Crippen LogP contribution in [-0.2, 0) is 0 Å². The number of thiophene rings is 1. The second-order valence-corrected chi connectivity index (χ2v) is 7.87. The molecule has 3 aromatic heterocycles. The SMILES string of the molecule is Clc1nc2oc3ccccc3c2nc1-c1ccc2sc3ccccc3c2c1. The molecule has 0 unspecified atom stereocenters. The van der Waals surface area contributed by atoms with Gasteiger partial charge in [0.25, 0.3) is 0 Å². The van der Waals surface area contributed by atoms with E-state index in [1.807, 2.05) is 24.3 Å². The first kappa shape index (κ1) is 15.1. The van der Waals surface area contributed by atoms with Gasteiger partial charge < -0.3 is 4.42 Å². The van der Waals surface area contributed by atoms with E-state index in [0.717, 1.165) is 22.0 Å². The Hall–Kier alpha value is -2.95. The number of hydrogen-bond acceptors (Lipinski definition) is 4. The standard InChI is InChI=1S/C22H11ClN2OS/c23-21-19(24-20-14-6-1-3-7-16(14)26-22(20)25-21)12-9-10-18-15(11-12)13-5-2-4-8-17(13)27-18/h1-11H. The molecule has 3 heterocycles. The first-order chi connectivity index (χ1) is 13.3. The third kappa shape index (κ3) is 2.21. The Kier molecular flexibility index (Phi) is 3.10. The van der Waals surface area contributed by atoms with Gasteiger partial charge in [0, 0.05) is 31.1 Å². The van der Waals surface area contributed by atoms with Crippen molar-refractivity contribution in [2.24, 2.45) is 0 Å². The molecule has 5 heteroatoms. The zero-order chi connectivity index (χ0) is 18.0. The van der Waals surface area contributed by atoms with Crippen molar-refractivity contribution in [2.45, 2.75) is 0 Å². The lowest BCUT2D eigenvalue weighted by Crippen LogP contribution is -1.89. The summed E-state index contributed by atoms with van der Waals surface area (Å²) in [6, 6.07) is 22.6. The van der Waals surface area contributed by atoms with Crippen LogP contribution in [0.5, 0.6) is 0 Å². The third-order valence-corrected chi connectivity index (χ3v) is 6.24. The molecule has 0 radical (unpaired) electrons. The Bertz CT molecular complexity index is 1500. The molecule has 27 heavy (non-hydrogen) atoms. The predicted octanol–water partition coefficient (Wildman–Crippen LogP) is 7.06.